The molecule has 0 N–H and O–H groups in total. The fraction of sp³-hybridized carbons (Fsp3) is 0.250. The number of pyridine rings is 1. The first-order valence-corrected chi connectivity index (χ1v) is 9.47. The highest BCUT2D eigenvalue weighted by Crippen LogP contribution is 2.53. The molecule has 0 radical (unpaired) electrons. The summed E-state index contributed by atoms with van der Waals surface area (Å²) in [4.78, 5) is 25.1. The molecule has 4 aromatic rings. The Labute approximate surface area is 169 Å². The summed E-state index contributed by atoms with van der Waals surface area (Å²) in [5, 5.41) is 4.97. The van der Waals surface area contributed by atoms with Gasteiger partial charge in [-0.3, -0.25) is 9.36 Å². The molecule has 3 heterocycles. The normalized spacial score (nSPS) is 21.2. The van der Waals surface area contributed by atoms with E-state index in [4.69, 9.17) is 16.1 Å². The number of benzene rings is 1. The average Bonchev–Trinajstić information content (AvgIpc) is 3.16. The summed E-state index contributed by atoms with van der Waals surface area (Å²) in [6, 6.07) is 10.1. The van der Waals surface area contributed by atoms with E-state index in [1.165, 1.54) is 10.9 Å². The van der Waals surface area contributed by atoms with Crippen LogP contribution in [0.5, 0.6) is 0 Å². The Balaban J connectivity index is 1.32. The lowest BCUT2D eigenvalue weighted by Gasteiger charge is -2.40. The molecular weight excluding hydrogens is 397 g/mol. The first kappa shape index (κ1) is 17.9. The molecular formula is C20H15ClFN5O2. The van der Waals surface area contributed by atoms with Crippen LogP contribution >= 0.6 is 11.6 Å². The molecule has 0 unspecified atom stereocenters. The standard InChI is InChI=1S/C20H15ClFN5O2/c21-14-5-3-13(4-6-14)20(22)8-12(9-20)17-25-16(29-26-17)10-27-11-24-18-15(19(27)28)2-1-7-23-18/h1-7,11-12H,8-10H2/t12-,20+. The van der Waals surface area contributed by atoms with Crippen molar-refractivity contribution in [1.29, 1.82) is 0 Å². The van der Waals surface area contributed by atoms with E-state index in [-0.39, 0.29) is 36.8 Å². The van der Waals surface area contributed by atoms with Crippen LogP contribution in [0.4, 0.5) is 4.39 Å². The van der Waals surface area contributed by atoms with E-state index < -0.39 is 5.67 Å². The Kier molecular flexibility index (Phi) is 4.16. The predicted octanol–water partition coefficient (Wildman–Crippen LogP) is 3.62. The van der Waals surface area contributed by atoms with Crippen molar-refractivity contribution in [2.75, 3.05) is 0 Å². The van der Waals surface area contributed by atoms with Crippen LogP contribution < -0.4 is 5.56 Å². The second-order valence-corrected chi connectivity index (χ2v) is 7.61. The van der Waals surface area contributed by atoms with Gasteiger partial charge in [-0.2, -0.15) is 4.98 Å². The maximum Gasteiger partial charge on any atom is 0.263 e. The minimum atomic E-state index is -1.41. The quantitative estimate of drug-likeness (QED) is 0.509. The van der Waals surface area contributed by atoms with Crippen LogP contribution in [0.3, 0.4) is 0 Å². The van der Waals surface area contributed by atoms with E-state index in [0.29, 0.717) is 27.4 Å². The van der Waals surface area contributed by atoms with Gasteiger partial charge >= 0.3 is 0 Å². The van der Waals surface area contributed by atoms with Gasteiger partial charge in [0, 0.05) is 17.1 Å². The van der Waals surface area contributed by atoms with Gasteiger partial charge in [0.1, 0.15) is 18.5 Å². The molecule has 1 aliphatic carbocycles. The van der Waals surface area contributed by atoms with Gasteiger partial charge in [0.25, 0.3) is 5.56 Å². The summed E-state index contributed by atoms with van der Waals surface area (Å²) in [7, 11) is 0. The van der Waals surface area contributed by atoms with Crippen LogP contribution in [-0.4, -0.2) is 24.7 Å². The van der Waals surface area contributed by atoms with Crippen molar-refractivity contribution in [2.45, 2.75) is 31.0 Å². The molecule has 5 rings (SSSR count). The lowest BCUT2D eigenvalue weighted by Crippen LogP contribution is -2.36. The lowest BCUT2D eigenvalue weighted by atomic mass is 9.68. The summed E-state index contributed by atoms with van der Waals surface area (Å²) in [6.07, 6.45) is 3.53. The second-order valence-electron chi connectivity index (χ2n) is 7.18. The maximum absolute atomic E-state index is 15.1. The Bertz CT molecular complexity index is 1250. The van der Waals surface area contributed by atoms with Crippen LogP contribution in [0.25, 0.3) is 11.0 Å². The Morgan fingerprint density at radius 2 is 2.00 bits per heavy atom. The van der Waals surface area contributed by atoms with Gasteiger partial charge in [-0.1, -0.05) is 28.9 Å². The van der Waals surface area contributed by atoms with Crippen LogP contribution in [0.15, 0.2) is 58.2 Å². The van der Waals surface area contributed by atoms with E-state index in [0.717, 1.165) is 0 Å². The van der Waals surface area contributed by atoms with Crippen molar-refractivity contribution < 1.29 is 8.91 Å². The van der Waals surface area contributed by atoms with Gasteiger partial charge in [0.2, 0.25) is 5.89 Å². The van der Waals surface area contributed by atoms with Crippen LogP contribution in [-0.2, 0) is 12.2 Å². The van der Waals surface area contributed by atoms with Crippen LogP contribution in [0.2, 0.25) is 5.02 Å². The van der Waals surface area contributed by atoms with Crippen molar-refractivity contribution in [3.05, 3.63) is 81.6 Å². The fourth-order valence-corrected chi connectivity index (χ4v) is 3.77. The molecule has 1 aliphatic rings. The topological polar surface area (TPSA) is 86.7 Å². The van der Waals surface area contributed by atoms with Gasteiger partial charge < -0.3 is 4.52 Å². The van der Waals surface area contributed by atoms with E-state index in [9.17, 15) is 4.79 Å². The number of halogens is 2. The average molecular weight is 412 g/mol. The monoisotopic (exact) mass is 411 g/mol. The highest BCUT2D eigenvalue weighted by molar-refractivity contribution is 6.30. The smallest absolute Gasteiger partial charge is 0.263 e. The molecule has 7 nitrogen and oxygen atoms in total. The van der Waals surface area contributed by atoms with Crippen molar-refractivity contribution in [3.63, 3.8) is 0 Å². The lowest BCUT2D eigenvalue weighted by molar-refractivity contribution is 0.0336. The minimum absolute atomic E-state index is 0.0916. The van der Waals surface area contributed by atoms with Crippen molar-refractivity contribution in [2.24, 2.45) is 0 Å². The fourth-order valence-electron chi connectivity index (χ4n) is 3.64. The molecule has 0 atom stereocenters. The predicted molar refractivity (Wildman–Crippen MR) is 103 cm³/mol. The SMILES string of the molecule is O=c1c2cccnc2ncn1Cc1nc([C@H]2C[C@](F)(c3ccc(Cl)cc3)C2)no1. The molecule has 29 heavy (non-hydrogen) atoms. The van der Waals surface area contributed by atoms with Crippen molar-refractivity contribution >= 4 is 22.6 Å². The van der Waals surface area contributed by atoms with Crippen LogP contribution in [0.1, 0.15) is 36.0 Å². The van der Waals surface area contributed by atoms with Gasteiger partial charge in [0.05, 0.1) is 5.39 Å². The number of nitrogens with zero attached hydrogens (tertiary/aromatic N) is 5. The van der Waals surface area contributed by atoms with Gasteiger partial charge in [-0.15, -0.1) is 0 Å². The second kappa shape index (κ2) is 6.73. The van der Waals surface area contributed by atoms with E-state index in [1.54, 1.807) is 42.6 Å². The molecule has 146 valence electrons. The number of rotatable bonds is 4. The summed E-state index contributed by atoms with van der Waals surface area (Å²) in [5.41, 5.74) is -0.667. The Morgan fingerprint density at radius 3 is 2.79 bits per heavy atom. The van der Waals surface area contributed by atoms with Crippen LogP contribution in [0, 0.1) is 0 Å². The maximum atomic E-state index is 15.1. The van der Waals surface area contributed by atoms with Gasteiger partial charge in [0.15, 0.2) is 11.5 Å². The Morgan fingerprint density at radius 1 is 1.21 bits per heavy atom. The van der Waals surface area contributed by atoms with Crippen molar-refractivity contribution in [1.82, 2.24) is 24.7 Å². The summed E-state index contributed by atoms with van der Waals surface area (Å²) >= 11 is 5.87. The third-order valence-electron chi connectivity index (χ3n) is 5.25. The first-order valence-electron chi connectivity index (χ1n) is 9.09. The number of fused-ring (bicyclic) bond motifs is 1. The zero-order valence-corrected chi connectivity index (χ0v) is 15.9. The van der Waals surface area contributed by atoms with Gasteiger partial charge in [-0.05, 0) is 42.7 Å². The first-order chi connectivity index (χ1) is 14.0. The number of aromatic nitrogens is 5. The third kappa shape index (κ3) is 3.19. The molecule has 3 aromatic heterocycles. The molecule has 0 amide bonds. The highest BCUT2D eigenvalue weighted by Gasteiger charge is 2.48. The summed E-state index contributed by atoms with van der Waals surface area (Å²) in [6.45, 7) is 0.0916. The third-order valence-corrected chi connectivity index (χ3v) is 5.51. The van der Waals surface area contributed by atoms with E-state index >= 15 is 4.39 Å². The molecule has 9 heteroatoms. The molecule has 0 bridgehead atoms. The minimum Gasteiger partial charge on any atom is -0.337 e. The molecule has 0 saturated heterocycles. The number of alkyl halides is 1. The largest absolute Gasteiger partial charge is 0.337 e. The molecule has 1 saturated carbocycles. The zero-order valence-electron chi connectivity index (χ0n) is 15.1. The zero-order chi connectivity index (χ0) is 20.0. The molecule has 0 aliphatic heterocycles. The summed E-state index contributed by atoms with van der Waals surface area (Å²) < 4.78 is 21.7. The van der Waals surface area contributed by atoms with E-state index in [1.807, 2.05) is 0 Å². The molecule has 1 aromatic carbocycles. The van der Waals surface area contributed by atoms with Gasteiger partial charge in [-0.25, -0.2) is 14.4 Å². The molecule has 1 fully saturated rings. The Hall–Kier alpha value is -3.13. The van der Waals surface area contributed by atoms with E-state index in [2.05, 4.69) is 20.1 Å². The van der Waals surface area contributed by atoms with Crippen molar-refractivity contribution in [3.8, 4) is 0 Å². The summed E-state index contributed by atoms with van der Waals surface area (Å²) in [5.74, 6) is 0.588. The molecule has 0 spiro atoms. The number of hydrogen-bond acceptors (Lipinski definition) is 6. The number of hydrogen-bond donors (Lipinski definition) is 0. The highest BCUT2D eigenvalue weighted by atomic mass is 35.5.